The fraction of sp³-hybridized carbons (Fsp3) is 0.0667. The number of amides is 1. The smallest absolute Gasteiger partial charge is 0.271 e. The fourth-order valence-electron chi connectivity index (χ4n) is 1.67. The van der Waals surface area contributed by atoms with Crippen LogP contribution in [0, 0.1) is 0 Å². The summed E-state index contributed by atoms with van der Waals surface area (Å²) in [5.74, 6) is -0.278. The molecule has 0 atom stereocenters. The summed E-state index contributed by atoms with van der Waals surface area (Å²) < 4.78 is 5.71. The third kappa shape index (κ3) is 3.76. The summed E-state index contributed by atoms with van der Waals surface area (Å²) in [6, 6.07) is 9.06. The Hall–Kier alpha value is -2.54. The van der Waals surface area contributed by atoms with Crippen molar-refractivity contribution in [3.8, 4) is 17.2 Å². The normalized spacial score (nSPS) is 10.6. The lowest BCUT2D eigenvalue weighted by Gasteiger charge is -2.05. The minimum absolute atomic E-state index is 0.0486. The van der Waals surface area contributed by atoms with Gasteiger partial charge in [0.05, 0.1) is 13.3 Å². The second-order valence-corrected chi connectivity index (χ2v) is 5.20. The molecule has 0 aliphatic heterocycles. The number of methoxy groups -OCH3 is 1. The molecular weight excluding hydrogens is 352 g/mol. The van der Waals surface area contributed by atoms with Crippen LogP contribution in [0.2, 0.25) is 0 Å². The monoisotopic (exact) mass is 364 g/mol. The molecule has 114 valence electrons. The summed E-state index contributed by atoms with van der Waals surface area (Å²) in [6.07, 6.45) is 1.33. The molecule has 22 heavy (non-hydrogen) atoms. The van der Waals surface area contributed by atoms with Crippen molar-refractivity contribution in [1.82, 2.24) is 5.43 Å². The summed E-state index contributed by atoms with van der Waals surface area (Å²) in [4.78, 5) is 11.9. The minimum Gasteiger partial charge on any atom is -0.507 e. The number of halogens is 1. The molecule has 2 aromatic carbocycles. The van der Waals surface area contributed by atoms with E-state index in [1.807, 2.05) is 0 Å². The molecule has 1 amide bonds. The van der Waals surface area contributed by atoms with Gasteiger partial charge in [-0.25, -0.2) is 5.43 Å². The number of aromatic hydroxyl groups is 2. The molecule has 2 rings (SSSR count). The molecule has 0 aliphatic rings. The van der Waals surface area contributed by atoms with Crippen LogP contribution in [0.4, 0.5) is 0 Å². The highest BCUT2D eigenvalue weighted by molar-refractivity contribution is 9.10. The van der Waals surface area contributed by atoms with Gasteiger partial charge in [0.2, 0.25) is 0 Å². The van der Waals surface area contributed by atoms with Gasteiger partial charge in [0.1, 0.15) is 5.75 Å². The van der Waals surface area contributed by atoms with Crippen molar-refractivity contribution < 1.29 is 19.7 Å². The predicted molar refractivity (Wildman–Crippen MR) is 85.5 cm³/mol. The summed E-state index contributed by atoms with van der Waals surface area (Å²) in [7, 11) is 1.39. The van der Waals surface area contributed by atoms with Crippen LogP contribution < -0.4 is 10.2 Å². The molecule has 3 N–H and O–H groups in total. The first-order valence-electron chi connectivity index (χ1n) is 6.20. The number of phenols is 2. The highest BCUT2D eigenvalue weighted by Crippen LogP contribution is 2.26. The minimum atomic E-state index is -0.468. The van der Waals surface area contributed by atoms with Gasteiger partial charge in [0.25, 0.3) is 5.91 Å². The van der Waals surface area contributed by atoms with Crippen LogP contribution in [-0.4, -0.2) is 29.4 Å². The molecule has 0 aliphatic carbocycles. The third-order valence-corrected chi connectivity index (χ3v) is 3.29. The van der Waals surface area contributed by atoms with E-state index >= 15 is 0 Å². The maximum absolute atomic E-state index is 11.9. The Kier molecular flexibility index (Phi) is 5.00. The molecule has 0 saturated carbocycles. The quantitative estimate of drug-likeness (QED) is 0.574. The summed E-state index contributed by atoms with van der Waals surface area (Å²) in [5.41, 5.74) is 3.07. The molecular formula is C15H13BrN2O4. The van der Waals surface area contributed by atoms with E-state index in [1.54, 1.807) is 12.1 Å². The van der Waals surface area contributed by atoms with Crippen LogP contribution in [0.15, 0.2) is 46.0 Å². The van der Waals surface area contributed by atoms with Crippen molar-refractivity contribution in [2.24, 2.45) is 5.10 Å². The number of ether oxygens (including phenoxy) is 1. The van der Waals surface area contributed by atoms with Crippen LogP contribution in [0.1, 0.15) is 15.9 Å². The number of phenolic OH excluding ortho intramolecular Hbond substituents is 2. The van der Waals surface area contributed by atoms with Crippen molar-refractivity contribution >= 4 is 28.1 Å². The second-order valence-electron chi connectivity index (χ2n) is 4.29. The van der Waals surface area contributed by atoms with E-state index in [-0.39, 0.29) is 22.8 Å². The molecule has 0 unspecified atom stereocenters. The zero-order chi connectivity index (χ0) is 16.1. The van der Waals surface area contributed by atoms with Crippen molar-refractivity contribution in [2.45, 2.75) is 0 Å². The molecule has 0 heterocycles. The van der Waals surface area contributed by atoms with Crippen LogP contribution in [0.3, 0.4) is 0 Å². The van der Waals surface area contributed by atoms with Crippen LogP contribution >= 0.6 is 15.9 Å². The third-order valence-electron chi connectivity index (χ3n) is 2.80. The van der Waals surface area contributed by atoms with Gasteiger partial charge in [-0.15, -0.1) is 0 Å². The number of nitrogens with zero attached hydrogens (tertiary/aromatic N) is 1. The summed E-state index contributed by atoms with van der Waals surface area (Å²) in [6.45, 7) is 0. The number of hydrogen-bond acceptors (Lipinski definition) is 5. The van der Waals surface area contributed by atoms with E-state index in [2.05, 4.69) is 26.5 Å². The van der Waals surface area contributed by atoms with Gasteiger partial charge >= 0.3 is 0 Å². The molecule has 2 aromatic rings. The van der Waals surface area contributed by atoms with Crippen molar-refractivity contribution in [1.29, 1.82) is 0 Å². The number of hydrogen-bond donors (Lipinski definition) is 3. The average molecular weight is 365 g/mol. The van der Waals surface area contributed by atoms with Crippen molar-refractivity contribution in [3.05, 3.63) is 52.0 Å². The Labute approximate surface area is 135 Å². The SMILES string of the molecule is COc1cc(C(=O)N/N=C/c2cc(Br)ccc2O)ccc1O. The number of hydrazone groups is 1. The van der Waals surface area contributed by atoms with E-state index in [9.17, 15) is 15.0 Å². The van der Waals surface area contributed by atoms with Gasteiger partial charge in [-0.1, -0.05) is 15.9 Å². The van der Waals surface area contributed by atoms with E-state index < -0.39 is 5.91 Å². The molecule has 0 fully saturated rings. The Morgan fingerprint density at radius 1 is 1.23 bits per heavy atom. The van der Waals surface area contributed by atoms with E-state index in [0.29, 0.717) is 5.56 Å². The topological polar surface area (TPSA) is 91.2 Å². The van der Waals surface area contributed by atoms with Gasteiger partial charge in [-0.2, -0.15) is 5.10 Å². The number of benzene rings is 2. The molecule has 0 aromatic heterocycles. The number of rotatable bonds is 4. The summed E-state index contributed by atoms with van der Waals surface area (Å²) >= 11 is 3.28. The second kappa shape index (κ2) is 6.95. The first-order chi connectivity index (χ1) is 10.5. The molecule has 0 radical (unpaired) electrons. The Morgan fingerprint density at radius 3 is 2.68 bits per heavy atom. The number of carbonyl (C=O) groups is 1. The lowest BCUT2D eigenvalue weighted by molar-refractivity contribution is 0.0954. The van der Waals surface area contributed by atoms with E-state index in [4.69, 9.17) is 4.74 Å². The molecule has 6 nitrogen and oxygen atoms in total. The molecule has 0 saturated heterocycles. The highest BCUT2D eigenvalue weighted by atomic mass is 79.9. The number of carbonyl (C=O) groups excluding carboxylic acids is 1. The maximum Gasteiger partial charge on any atom is 0.271 e. The standard InChI is InChI=1S/C15H13BrN2O4/c1-22-14-7-9(2-4-13(14)20)15(21)18-17-8-10-6-11(16)3-5-12(10)19/h2-8,19-20H,1H3,(H,18,21)/b17-8+. The van der Waals surface area contributed by atoms with Gasteiger partial charge in [0.15, 0.2) is 11.5 Å². The first kappa shape index (κ1) is 15.8. The first-order valence-corrected chi connectivity index (χ1v) is 6.99. The Bertz CT molecular complexity index is 731. The lowest BCUT2D eigenvalue weighted by Crippen LogP contribution is -2.17. The van der Waals surface area contributed by atoms with Crippen molar-refractivity contribution in [3.63, 3.8) is 0 Å². The largest absolute Gasteiger partial charge is 0.507 e. The molecule has 0 bridgehead atoms. The van der Waals surface area contributed by atoms with Crippen LogP contribution in [0.5, 0.6) is 17.2 Å². The summed E-state index contributed by atoms with van der Waals surface area (Å²) in [5, 5.41) is 22.9. The Balaban J connectivity index is 2.09. The van der Waals surface area contributed by atoms with E-state index in [1.165, 1.54) is 37.6 Å². The zero-order valence-corrected chi connectivity index (χ0v) is 13.2. The molecule has 0 spiro atoms. The fourth-order valence-corrected chi connectivity index (χ4v) is 2.05. The Morgan fingerprint density at radius 2 is 1.95 bits per heavy atom. The predicted octanol–water partition coefficient (Wildman–Crippen LogP) is 2.63. The number of nitrogens with one attached hydrogen (secondary N) is 1. The van der Waals surface area contributed by atoms with E-state index in [0.717, 1.165) is 4.47 Å². The maximum atomic E-state index is 11.9. The average Bonchev–Trinajstić information content (AvgIpc) is 2.51. The zero-order valence-electron chi connectivity index (χ0n) is 11.6. The lowest BCUT2D eigenvalue weighted by atomic mass is 10.2. The highest BCUT2D eigenvalue weighted by Gasteiger charge is 2.09. The van der Waals surface area contributed by atoms with Crippen LogP contribution in [-0.2, 0) is 0 Å². The van der Waals surface area contributed by atoms with Gasteiger partial charge in [0, 0.05) is 15.6 Å². The molecule has 7 heteroatoms. The van der Waals surface area contributed by atoms with Crippen LogP contribution in [0.25, 0.3) is 0 Å². The van der Waals surface area contributed by atoms with Gasteiger partial charge in [-0.05, 0) is 36.4 Å². The van der Waals surface area contributed by atoms with Crippen molar-refractivity contribution in [2.75, 3.05) is 7.11 Å². The van der Waals surface area contributed by atoms with Gasteiger partial charge in [-0.3, -0.25) is 4.79 Å². The van der Waals surface area contributed by atoms with Gasteiger partial charge < -0.3 is 14.9 Å².